The molecule has 0 saturated heterocycles. The summed E-state index contributed by atoms with van der Waals surface area (Å²) < 4.78 is 20.3. The lowest BCUT2D eigenvalue weighted by Gasteiger charge is -2.13. The van der Waals surface area contributed by atoms with Crippen molar-refractivity contribution in [3.05, 3.63) is 51.5 Å². The van der Waals surface area contributed by atoms with Crippen LogP contribution in [0, 0.1) is 12.7 Å². The number of carbonyl (C=O) groups excluding carboxylic acids is 2. The van der Waals surface area contributed by atoms with Crippen molar-refractivity contribution >= 4 is 23.2 Å². The number of methoxy groups -OCH3 is 1. The minimum Gasteiger partial charge on any atom is -0.383 e. The van der Waals surface area contributed by atoms with Crippen LogP contribution in [0.1, 0.15) is 28.2 Å². The molecule has 2 amide bonds. The van der Waals surface area contributed by atoms with Crippen LogP contribution >= 0.6 is 11.3 Å². The smallest absolute Gasteiger partial charge is 0.282 e. The van der Waals surface area contributed by atoms with Gasteiger partial charge in [-0.2, -0.15) is 4.99 Å². The van der Waals surface area contributed by atoms with Crippen molar-refractivity contribution in [3.8, 4) is 0 Å². The number of hydrogen-bond acceptors (Lipinski definition) is 4. The van der Waals surface area contributed by atoms with Gasteiger partial charge in [0, 0.05) is 24.7 Å². The summed E-state index contributed by atoms with van der Waals surface area (Å²) in [5, 5.41) is 2.75. The number of benzene rings is 1. The molecule has 1 heterocycles. The Bertz CT molecular complexity index is 829. The molecule has 0 aliphatic carbocycles. The summed E-state index contributed by atoms with van der Waals surface area (Å²) in [5.74, 6) is -1.52. The number of halogens is 1. The lowest BCUT2D eigenvalue weighted by molar-refractivity contribution is -0.124. The fourth-order valence-corrected chi connectivity index (χ4v) is 3.06. The zero-order chi connectivity index (χ0) is 18.4. The molecule has 0 saturated carbocycles. The van der Waals surface area contributed by atoms with Crippen molar-refractivity contribution in [2.75, 3.05) is 20.3 Å². The summed E-state index contributed by atoms with van der Waals surface area (Å²) in [6, 6.07) is 5.11. The van der Waals surface area contributed by atoms with Gasteiger partial charge in [0.05, 0.1) is 12.2 Å². The SMILES string of the molecule is COCCNC(=O)C(C)n1cc(C)sc1=NC(=O)c1ccccc1F. The van der Waals surface area contributed by atoms with Gasteiger partial charge < -0.3 is 14.6 Å². The standard InChI is InChI=1S/C17H20FN3O3S/c1-11-10-21(12(2)15(22)19-8-9-24-3)17(25-11)20-16(23)13-6-4-5-7-14(13)18/h4-7,10,12H,8-9H2,1-3H3,(H,19,22). The van der Waals surface area contributed by atoms with E-state index >= 15 is 0 Å². The van der Waals surface area contributed by atoms with E-state index in [1.54, 1.807) is 30.9 Å². The Morgan fingerprint density at radius 1 is 1.40 bits per heavy atom. The van der Waals surface area contributed by atoms with Crippen molar-refractivity contribution in [3.63, 3.8) is 0 Å². The highest BCUT2D eigenvalue weighted by atomic mass is 32.1. The van der Waals surface area contributed by atoms with Crippen LogP contribution in [0.4, 0.5) is 4.39 Å². The summed E-state index contributed by atoms with van der Waals surface area (Å²) >= 11 is 1.27. The van der Waals surface area contributed by atoms with Gasteiger partial charge in [0.2, 0.25) is 5.91 Å². The highest BCUT2D eigenvalue weighted by molar-refractivity contribution is 7.09. The average Bonchev–Trinajstić information content (AvgIpc) is 2.94. The molecule has 0 radical (unpaired) electrons. The maximum atomic E-state index is 13.7. The van der Waals surface area contributed by atoms with E-state index in [0.717, 1.165) is 4.88 Å². The molecule has 1 N–H and O–H groups in total. The zero-order valence-corrected chi connectivity index (χ0v) is 15.1. The topological polar surface area (TPSA) is 72.7 Å². The molecule has 0 fully saturated rings. The number of hydrogen-bond donors (Lipinski definition) is 1. The molecular weight excluding hydrogens is 345 g/mol. The summed E-state index contributed by atoms with van der Waals surface area (Å²) in [5.41, 5.74) is -0.0997. The second kappa shape index (κ2) is 8.68. The maximum absolute atomic E-state index is 13.7. The van der Waals surface area contributed by atoms with E-state index < -0.39 is 17.8 Å². The molecule has 134 valence electrons. The van der Waals surface area contributed by atoms with E-state index in [4.69, 9.17) is 4.74 Å². The van der Waals surface area contributed by atoms with Crippen LogP contribution in [0.3, 0.4) is 0 Å². The van der Waals surface area contributed by atoms with Crippen LogP contribution in [0.15, 0.2) is 35.5 Å². The fourth-order valence-electron chi connectivity index (χ4n) is 2.16. The molecule has 2 rings (SSSR count). The van der Waals surface area contributed by atoms with Crippen LogP contribution in [-0.4, -0.2) is 36.6 Å². The molecule has 0 spiro atoms. The first kappa shape index (κ1) is 19.0. The molecule has 1 unspecified atom stereocenters. The largest absolute Gasteiger partial charge is 0.383 e. The van der Waals surface area contributed by atoms with E-state index in [1.807, 2.05) is 6.92 Å². The second-order valence-corrected chi connectivity index (χ2v) is 6.60. The van der Waals surface area contributed by atoms with E-state index in [0.29, 0.717) is 18.0 Å². The average molecular weight is 365 g/mol. The van der Waals surface area contributed by atoms with E-state index in [9.17, 15) is 14.0 Å². The summed E-state index contributed by atoms with van der Waals surface area (Å²) in [7, 11) is 1.55. The minimum absolute atomic E-state index is 0.0997. The summed E-state index contributed by atoms with van der Waals surface area (Å²) in [6.07, 6.45) is 1.75. The van der Waals surface area contributed by atoms with Gasteiger partial charge in [-0.3, -0.25) is 9.59 Å². The van der Waals surface area contributed by atoms with Gasteiger partial charge in [0.25, 0.3) is 5.91 Å². The number of nitrogens with one attached hydrogen (secondary N) is 1. The monoisotopic (exact) mass is 365 g/mol. The Morgan fingerprint density at radius 2 is 2.12 bits per heavy atom. The van der Waals surface area contributed by atoms with Crippen molar-refractivity contribution in [1.82, 2.24) is 9.88 Å². The summed E-state index contributed by atoms with van der Waals surface area (Å²) in [6.45, 7) is 4.36. The molecule has 1 aromatic heterocycles. The number of thiazole rings is 1. The second-order valence-electron chi connectivity index (χ2n) is 5.39. The zero-order valence-electron chi connectivity index (χ0n) is 14.3. The van der Waals surface area contributed by atoms with Crippen LogP contribution < -0.4 is 10.1 Å². The van der Waals surface area contributed by atoms with E-state index in [2.05, 4.69) is 10.3 Å². The normalized spacial score (nSPS) is 12.9. The van der Waals surface area contributed by atoms with Gasteiger partial charge in [0.15, 0.2) is 4.80 Å². The van der Waals surface area contributed by atoms with Crippen LogP contribution in [0.2, 0.25) is 0 Å². The van der Waals surface area contributed by atoms with Crippen molar-refractivity contribution in [2.45, 2.75) is 19.9 Å². The van der Waals surface area contributed by atoms with Crippen LogP contribution in [0.5, 0.6) is 0 Å². The van der Waals surface area contributed by atoms with E-state index in [1.165, 1.54) is 29.5 Å². The number of nitrogens with zero attached hydrogens (tertiary/aromatic N) is 2. The highest BCUT2D eigenvalue weighted by Crippen LogP contribution is 2.11. The Labute approximate surface area is 149 Å². The maximum Gasteiger partial charge on any atom is 0.282 e. The van der Waals surface area contributed by atoms with E-state index in [-0.39, 0.29) is 11.5 Å². The number of aryl methyl sites for hydroxylation is 1. The molecule has 0 aliphatic heterocycles. The first-order valence-corrected chi connectivity index (χ1v) is 8.54. The predicted octanol–water partition coefficient (Wildman–Crippen LogP) is 2.06. The van der Waals surface area contributed by atoms with Crippen molar-refractivity contribution < 1.29 is 18.7 Å². The highest BCUT2D eigenvalue weighted by Gasteiger charge is 2.17. The Hall–Kier alpha value is -2.32. The van der Waals surface area contributed by atoms with Crippen molar-refractivity contribution in [1.29, 1.82) is 0 Å². The molecule has 2 aromatic rings. The number of rotatable bonds is 6. The van der Waals surface area contributed by atoms with Gasteiger partial charge in [-0.1, -0.05) is 12.1 Å². The van der Waals surface area contributed by atoms with Gasteiger partial charge in [-0.15, -0.1) is 11.3 Å². The molecule has 8 heteroatoms. The lowest BCUT2D eigenvalue weighted by atomic mass is 10.2. The molecule has 0 bridgehead atoms. The molecule has 1 atom stereocenters. The Kier molecular flexibility index (Phi) is 6.60. The number of aromatic nitrogens is 1. The van der Waals surface area contributed by atoms with Gasteiger partial charge in [-0.25, -0.2) is 4.39 Å². The molecule has 1 aromatic carbocycles. The molecule has 0 aliphatic rings. The third-order valence-electron chi connectivity index (χ3n) is 3.50. The molecule has 25 heavy (non-hydrogen) atoms. The predicted molar refractivity (Wildman–Crippen MR) is 92.9 cm³/mol. The quantitative estimate of drug-likeness (QED) is 0.797. The van der Waals surface area contributed by atoms with Crippen LogP contribution in [0.25, 0.3) is 0 Å². The third-order valence-corrected chi connectivity index (χ3v) is 4.41. The molecule has 6 nitrogen and oxygen atoms in total. The fraction of sp³-hybridized carbons (Fsp3) is 0.353. The molecular formula is C17H20FN3O3S. The number of amides is 2. The first-order chi connectivity index (χ1) is 11.9. The number of ether oxygens (including phenoxy) is 1. The Morgan fingerprint density at radius 3 is 2.80 bits per heavy atom. The summed E-state index contributed by atoms with van der Waals surface area (Å²) in [4.78, 5) is 29.7. The Balaban J connectivity index is 2.29. The van der Waals surface area contributed by atoms with Gasteiger partial charge in [-0.05, 0) is 26.0 Å². The van der Waals surface area contributed by atoms with Crippen LogP contribution in [-0.2, 0) is 9.53 Å². The number of carbonyl (C=O) groups is 2. The van der Waals surface area contributed by atoms with Gasteiger partial charge >= 0.3 is 0 Å². The lowest BCUT2D eigenvalue weighted by Crippen LogP contribution is -2.36. The first-order valence-electron chi connectivity index (χ1n) is 7.73. The minimum atomic E-state index is -0.680. The van der Waals surface area contributed by atoms with Gasteiger partial charge in [0.1, 0.15) is 11.9 Å². The van der Waals surface area contributed by atoms with Crippen molar-refractivity contribution in [2.24, 2.45) is 4.99 Å². The third kappa shape index (κ3) is 4.83.